The van der Waals surface area contributed by atoms with Gasteiger partial charge >= 0.3 is 7.82 Å². The number of hydrogen-bond donors (Lipinski definition) is 2. The Morgan fingerprint density at radius 1 is 0.581 bits per heavy atom. The second kappa shape index (κ2) is 8.10. The maximum absolute atomic E-state index is 10.8. The second-order valence-electron chi connectivity index (χ2n) is 12.9. The van der Waals surface area contributed by atoms with Crippen LogP contribution in [0.2, 0.25) is 0 Å². The minimum Gasteiger partial charge on any atom is -0.303 e. The van der Waals surface area contributed by atoms with Crippen molar-refractivity contribution in [3.8, 4) is 0 Å². The molecule has 0 aliphatic heterocycles. The summed E-state index contributed by atoms with van der Waals surface area (Å²) in [7, 11) is -4.28. The zero-order valence-electron chi connectivity index (χ0n) is 19.3. The van der Waals surface area contributed by atoms with Crippen molar-refractivity contribution >= 4 is 7.82 Å². The van der Waals surface area contributed by atoms with Crippen LogP contribution in [0.15, 0.2) is 0 Å². The molecule has 4 nitrogen and oxygen atoms in total. The first-order valence-corrected chi connectivity index (χ1v) is 15.1. The Kier molecular flexibility index (Phi) is 5.65. The van der Waals surface area contributed by atoms with Crippen LogP contribution in [-0.2, 0) is 9.09 Å². The highest BCUT2D eigenvalue weighted by atomic mass is 31.2. The van der Waals surface area contributed by atoms with Gasteiger partial charge < -0.3 is 9.79 Å². The molecule has 6 rings (SSSR count). The summed E-state index contributed by atoms with van der Waals surface area (Å²) in [5.41, 5.74) is 0. The van der Waals surface area contributed by atoms with Gasteiger partial charge in [0, 0.05) is 0 Å². The minimum atomic E-state index is -4.28. The third-order valence-electron chi connectivity index (χ3n) is 10.4. The standard InChI is InChI=1S/C26H43O4P/c1-2-15-3-16(15)4-17-5-18(17)6-19-7-20(19)8-21-9-22(21)10-23-11-24(23)12-25-13-26(25)14-30-31(27,28)29/h15-26H,2-14H2,1H3,(H2,27,28,29). The average molecular weight is 451 g/mol. The van der Waals surface area contributed by atoms with Crippen molar-refractivity contribution in [1.29, 1.82) is 0 Å². The fraction of sp³-hybridized carbons (Fsp3) is 1.00. The van der Waals surface area contributed by atoms with Crippen LogP contribution in [0.3, 0.4) is 0 Å². The van der Waals surface area contributed by atoms with E-state index in [-0.39, 0.29) is 6.61 Å². The van der Waals surface area contributed by atoms with Crippen LogP contribution in [0.1, 0.15) is 84.0 Å². The van der Waals surface area contributed by atoms with E-state index in [4.69, 9.17) is 9.79 Å². The summed E-state index contributed by atoms with van der Waals surface area (Å²) >= 11 is 0. The molecule has 0 bridgehead atoms. The molecule has 6 saturated carbocycles. The van der Waals surface area contributed by atoms with Crippen molar-refractivity contribution in [1.82, 2.24) is 0 Å². The maximum atomic E-state index is 10.8. The molecule has 0 saturated heterocycles. The summed E-state index contributed by atoms with van der Waals surface area (Å²) in [6.45, 7) is 2.62. The van der Waals surface area contributed by atoms with E-state index >= 15 is 0 Å². The minimum absolute atomic E-state index is 0.251. The number of phosphoric ester groups is 1. The highest BCUT2D eigenvalue weighted by Crippen LogP contribution is 2.62. The highest BCUT2D eigenvalue weighted by Gasteiger charge is 2.52. The number of phosphoric acid groups is 1. The van der Waals surface area contributed by atoms with Gasteiger partial charge in [0.1, 0.15) is 0 Å². The Morgan fingerprint density at radius 3 is 1.19 bits per heavy atom. The lowest BCUT2D eigenvalue weighted by molar-refractivity contribution is 0.186. The maximum Gasteiger partial charge on any atom is 0.469 e. The van der Waals surface area contributed by atoms with Crippen molar-refractivity contribution in [2.24, 2.45) is 71.0 Å². The van der Waals surface area contributed by atoms with Crippen molar-refractivity contribution < 1.29 is 18.9 Å². The topological polar surface area (TPSA) is 66.8 Å². The van der Waals surface area contributed by atoms with Gasteiger partial charge in [-0.05, 0) is 142 Å². The molecule has 0 radical (unpaired) electrons. The monoisotopic (exact) mass is 450 g/mol. The van der Waals surface area contributed by atoms with Crippen molar-refractivity contribution in [3.63, 3.8) is 0 Å². The lowest BCUT2D eigenvalue weighted by atomic mass is 10.0. The van der Waals surface area contributed by atoms with Crippen LogP contribution < -0.4 is 0 Å². The molecular weight excluding hydrogens is 407 g/mol. The van der Waals surface area contributed by atoms with E-state index in [1.807, 2.05) is 0 Å². The van der Waals surface area contributed by atoms with Gasteiger partial charge in [-0.15, -0.1) is 0 Å². The predicted octanol–water partition coefficient (Wildman–Crippen LogP) is 6.27. The normalized spacial score (nSPS) is 51.5. The SMILES string of the molecule is CCC1CC1CC1CC1CC1CC1CC1CC1CC1CC1CC1CC1COP(=O)(O)O. The molecule has 0 aromatic carbocycles. The van der Waals surface area contributed by atoms with E-state index < -0.39 is 7.82 Å². The van der Waals surface area contributed by atoms with E-state index in [1.165, 1.54) is 32.1 Å². The molecule has 5 heteroatoms. The van der Waals surface area contributed by atoms with Crippen LogP contribution in [0.5, 0.6) is 0 Å². The zero-order valence-corrected chi connectivity index (χ0v) is 20.2. The predicted molar refractivity (Wildman–Crippen MR) is 121 cm³/mol. The molecule has 12 unspecified atom stereocenters. The fourth-order valence-corrected chi connectivity index (χ4v) is 7.98. The molecule has 6 fully saturated rings. The summed E-state index contributed by atoms with van der Waals surface area (Å²) in [4.78, 5) is 17.7. The Bertz CT molecular complexity index is 720. The molecular formula is C26H43O4P. The molecule has 0 aromatic rings. The molecule has 0 aromatic heterocycles. The van der Waals surface area contributed by atoms with Crippen LogP contribution in [0.4, 0.5) is 0 Å². The Labute approximate surface area is 188 Å². The van der Waals surface area contributed by atoms with Gasteiger partial charge in [0.15, 0.2) is 0 Å². The molecule has 31 heavy (non-hydrogen) atoms. The molecule has 0 heterocycles. The lowest BCUT2D eigenvalue weighted by Gasteiger charge is -2.04. The van der Waals surface area contributed by atoms with E-state index in [1.54, 1.807) is 38.5 Å². The van der Waals surface area contributed by atoms with Gasteiger partial charge in [-0.3, -0.25) is 4.52 Å². The third-order valence-corrected chi connectivity index (χ3v) is 10.9. The molecule has 12 atom stereocenters. The van der Waals surface area contributed by atoms with Crippen LogP contribution >= 0.6 is 7.82 Å². The van der Waals surface area contributed by atoms with E-state index in [2.05, 4.69) is 11.4 Å². The molecule has 6 aliphatic carbocycles. The first-order valence-electron chi connectivity index (χ1n) is 13.6. The van der Waals surface area contributed by atoms with E-state index in [9.17, 15) is 4.57 Å². The van der Waals surface area contributed by atoms with Crippen molar-refractivity contribution in [3.05, 3.63) is 0 Å². The Morgan fingerprint density at radius 2 is 0.871 bits per heavy atom. The fourth-order valence-electron chi connectivity index (χ4n) is 7.59. The Hall–Kier alpha value is 0.110. The first kappa shape index (κ1) is 21.6. The van der Waals surface area contributed by atoms with Crippen molar-refractivity contribution in [2.45, 2.75) is 84.0 Å². The van der Waals surface area contributed by atoms with Gasteiger partial charge in [-0.1, -0.05) is 13.3 Å². The first-order chi connectivity index (χ1) is 14.9. The van der Waals surface area contributed by atoms with Gasteiger partial charge in [-0.25, -0.2) is 4.57 Å². The second-order valence-corrected chi connectivity index (χ2v) is 14.1. The summed E-state index contributed by atoms with van der Waals surface area (Å²) in [6, 6.07) is 0. The zero-order chi connectivity index (χ0) is 21.3. The van der Waals surface area contributed by atoms with E-state index in [0.29, 0.717) is 11.8 Å². The molecule has 0 amide bonds. The quantitative estimate of drug-likeness (QED) is 0.306. The van der Waals surface area contributed by atoms with Gasteiger partial charge in [0.25, 0.3) is 0 Å². The smallest absolute Gasteiger partial charge is 0.303 e. The van der Waals surface area contributed by atoms with Crippen LogP contribution in [-0.4, -0.2) is 16.4 Å². The van der Waals surface area contributed by atoms with Gasteiger partial charge in [-0.2, -0.15) is 0 Å². The number of hydrogen-bond acceptors (Lipinski definition) is 2. The van der Waals surface area contributed by atoms with E-state index in [0.717, 1.165) is 65.6 Å². The van der Waals surface area contributed by atoms with Gasteiger partial charge in [0.05, 0.1) is 6.61 Å². The molecule has 6 aliphatic rings. The molecule has 176 valence electrons. The summed E-state index contributed by atoms with van der Waals surface area (Å²) < 4.78 is 15.5. The molecule has 2 N–H and O–H groups in total. The third kappa shape index (κ3) is 5.79. The highest BCUT2D eigenvalue weighted by molar-refractivity contribution is 7.46. The van der Waals surface area contributed by atoms with Crippen LogP contribution in [0, 0.1) is 71.0 Å². The van der Waals surface area contributed by atoms with Gasteiger partial charge in [0.2, 0.25) is 0 Å². The van der Waals surface area contributed by atoms with Crippen molar-refractivity contribution in [2.75, 3.05) is 6.61 Å². The van der Waals surface area contributed by atoms with Crippen LogP contribution in [0.25, 0.3) is 0 Å². The Balaban J connectivity index is 0.804. The molecule has 0 spiro atoms. The summed E-state index contributed by atoms with van der Waals surface area (Å²) in [5.74, 6) is 11.7. The number of rotatable bonds is 14. The summed E-state index contributed by atoms with van der Waals surface area (Å²) in [6.07, 6.45) is 17.6. The average Bonchev–Trinajstić information content (AvgIpc) is 3.52. The lowest BCUT2D eigenvalue weighted by Crippen LogP contribution is -1.97. The summed E-state index contributed by atoms with van der Waals surface area (Å²) in [5, 5.41) is 0. The largest absolute Gasteiger partial charge is 0.469 e.